The van der Waals surface area contributed by atoms with Crippen molar-refractivity contribution in [1.82, 2.24) is 34.5 Å². The van der Waals surface area contributed by atoms with Gasteiger partial charge in [-0.05, 0) is 19.9 Å². The van der Waals surface area contributed by atoms with Gasteiger partial charge in [-0.25, -0.2) is 19.3 Å². The monoisotopic (exact) mass is 444 g/mol. The van der Waals surface area contributed by atoms with Gasteiger partial charge in [-0.2, -0.15) is 10.2 Å². The van der Waals surface area contributed by atoms with E-state index in [-0.39, 0.29) is 5.91 Å². The molecule has 32 heavy (non-hydrogen) atoms. The van der Waals surface area contributed by atoms with Crippen LogP contribution in [0.25, 0.3) is 22.3 Å². The first-order valence-electron chi connectivity index (χ1n) is 9.74. The Hall–Kier alpha value is -4.11. The van der Waals surface area contributed by atoms with Gasteiger partial charge in [-0.1, -0.05) is 35.9 Å². The smallest absolute Gasteiger partial charge is 0.259 e. The largest absolute Gasteiger partial charge is 0.320 e. The predicted octanol–water partition coefficient (Wildman–Crippen LogP) is 3.92. The molecule has 9 nitrogen and oxygen atoms in total. The Kier molecular flexibility index (Phi) is 4.87. The van der Waals surface area contributed by atoms with E-state index in [9.17, 15) is 4.79 Å². The standard InChI is InChI=1S/C22H17ClN8O/c1-13-18(10-27-31(13)20-11-24-8-15-5-3-4-6-17(15)20)22(32)28-16-7-19(23)21(25-9-16)30-12-26-14(2)29-30/h3-12H,1-2H3,(H,28,32). The number of carbonyl (C=O) groups excluding carboxylic acids is 1. The molecule has 0 unspecified atom stereocenters. The zero-order valence-electron chi connectivity index (χ0n) is 17.2. The van der Waals surface area contributed by atoms with Crippen LogP contribution < -0.4 is 5.32 Å². The van der Waals surface area contributed by atoms with Gasteiger partial charge in [-0.15, -0.1) is 0 Å². The van der Waals surface area contributed by atoms with Gasteiger partial charge in [0.2, 0.25) is 0 Å². The van der Waals surface area contributed by atoms with Crippen LogP contribution in [0.5, 0.6) is 0 Å². The average molecular weight is 445 g/mol. The Labute approximate surface area is 187 Å². The Bertz CT molecular complexity index is 1470. The summed E-state index contributed by atoms with van der Waals surface area (Å²) in [6.07, 6.45) is 8.12. The minimum atomic E-state index is -0.316. The van der Waals surface area contributed by atoms with E-state index in [1.807, 2.05) is 31.2 Å². The van der Waals surface area contributed by atoms with Crippen LogP contribution in [-0.2, 0) is 0 Å². The van der Waals surface area contributed by atoms with E-state index >= 15 is 0 Å². The maximum atomic E-state index is 12.9. The van der Waals surface area contributed by atoms with Gasteiger partial charge < -0.3 is 5.32 Å². The van der Waals surface area contributed by atoms with Crippen molar-refractivity contribution in [3.8, 4) is 11.5 Å². The van der Waals surface area contributed by atoms with E-state index < -0.39 is 0 Å². The van der Waals surface area contributed by atoms with E-state index in [4.69, 9.17) is 11.6 Å². The molecule has 10 heteroatoms. The lowest BCUT2D eigenvalue weighted by molar-refractivity contribution is 0.102. The molecule has 158 valence electrons. The van der Waals surface area contributed by atoms with Gasteiger partial charge in [-0.3, -0.25) is 9.78 Å². The summed E-state index contributed by atoms with van der Waals surface area (Å²) in [5, 5.41) is 13.8. The number of fused-ring (bicyclic) bond motifs is 1. The Balaban J connectivity index is 1.42. The molecule has 0 atom stereocenters. The molecule has 1 amide bonds. The predicted molar refractivity (Wildman–Crippen MR) is 120 cm³/mol. The van der Waals surface area contributed by atoms with Crippen molar-refractivity contribution in [3.63, 3.8) is 0 Å². The molecule has 0 radical (unpaired) electrons. The minimum Gasteiger partial charge on any atom is -0.320 e. The molecule has 5 rings (SSSR count). The topological polar surface area (TPSA) is 103 Å². The summed E-state index contributed by atoms with van der Waals surface area (Å²) >= 11 is 6.35. The van der Waals surface area contributed by atoms with Crippen molar-refractivity contribution < 1.29 is 4.79 Å². The first kappa shape index (κ1) is 19.8. The molecular formula is C22H17ClN8O. The number of amides is 1. The van der Waals surface area contributed by atoms with Gasteiger partial charge in [0.25, 0.3) is 5.91 Å². The van der Waals surface area contributed by atoms with Gasteiger partial charge in [0.05, 0.1) is 46.2 Å². The second-order valence-electron chi connectivity index (χ2n) is 7.16. The zero-order chi connectivity index (χ0) is 22.2. The van der Waals surface area contributed by atoms with Gasteiger partial charge in [0, 0.05) is 17.0 Å². The molecule has 0 aliphatic heterocycles. The lowest BCUT2D eigenvalue weighted by Gasteiger charge is -2.09. The van der Waals surface area contributed by atoms with Crippen molar-refractivity contribution in [2.24, 2.45) is 0 Å². The molecule has 4 heterocycles. The first-order valence-corrected chi connectivity index (χ1v) is 10.1. The molecule has 0 saturated heterocycles. The Morgan fingerprint density at radius 2 is 1.91 bits per heavy atom. The van der Waals surface area contributed by atoms with E-state index in [0.717, 1.165) is 16.5 Å². The number of hydrogen-bond donors (Lipinski definition) is 1. The number of nitrogens with zero attached hydrogens (tertiary/aromatic N) is 7. The molecular weight excluding hydrogens is 428 g/mol. The number of nitrogens with one attached hydrogen (secondary N) is 1. The highest BCUT2D eigenvalue weighted by Gasteiger charge is 2.18. The third-order valence-corrected chi connectivity index (χ3v) is 5.31. The maximum Gasteiger partial charge on any atom is 0.259 e. The summed E-state index contributed by atoms with van der Waals surface area (Å²) in [7, 11) is 0. The number of aromatic nitrogens is 7. The number of carbonyl (C=O) groups is 1. The molecule has 4 aromatic heterocycles. The quantitative estimate of drug-likeness (QED) is 0.450. The number of pyridine rings is 2. The number of aryl methyl sites for hydroxylation is 1. The molecule has 5 aromatic rings. The number of benzene rings is 1. The second kappa shape index (κ2) is 7.86. The summed E-state index contributed by atoms with van der Waals surface area (Å²) in [6, 6.07) is 9.52. The minimum absolute atomic E-state index is 0.316. The highest BCUT2D eigenvalue weighted by atomic mass is 35.5. The number of hydrogen-bond acceptors (Lipinski definition) is 6. The van der Waals surface area contributed by atoms with Crippen LogP contribution in [0.1, 0.15) is 21.9 Å². The lowest BCUT2D eigenvalue weighted by atomic mass is 10.1. The molecule has 0 aliphatic rings. The van der Waals surface area contributed by atoms with Crippen molar-refractivity contribution in [2.45, 2.75) is 13.8 Å². The summed E-state index contributed by atoms with van der Waals surface area (Å²) < 4.78 is 3.20. The van der Waals surface area contributed by atoms with Crippen LogP contribution in [-0.4, -0.2) is 40.4 Å². The van der Waals surface area contributed by atoms with Crippen LogP contribution in [0.3, 0.4) is 0 Å². The SMILES string of the molecule is Cc1ncn(-c2ncc(NC(=O)c3cnn(-c4cncc5ccccc45)c3C)cc2Cl)n1. The van der Waals surface area contributed by atoms with Crippen LogP contribution in [0.15, 0.2) is 61.4 Å². The van der Waals surface area contributed by atoms with Crippen molar-refractivity contribution >= 4 is 34.0 Å². The van der Waals surface area contributed by atoms with E-state index in [1.54, 1.807) is 30.1 Å². The molecule has 0 saturated carbocycles. The second-order valence-corrected chi connectivity index (χ2v) is 7.56. The number of rotatable bonds is 4. The third kappa shape index (κ3) is 3.48. The van der Waals surface area contributed by atoms with Crippen LogP contribution in [0, 0.1) is 13.8 Å². The third-order valence-electron chi connectivity index (χ3n) is 5.03. The zero-order valence-corrected chi connectivity index (χ0v) is 17.9. The van der Waals surface area contributed by atoms with E-state index in [2.05, 4.69) is 30.5 Å². The van der Waals surface area contributed by atoms with Gasteiger partial charge >= 0.3 is 0 Å². The van der Waals surface area contributed by atoms with Crippen LogP contribution in [0.2, 0.25) is 5.02 Å². The van der Waals surface area contributed by atoms with E-state index in [1.165, 1.54) is 23.4 Å². The lowest BCUT2D eigenvalue weighted by Crippen LogP contribution is -2.14. The average Bonchev–Trinajstić information content (AvgIpc) is 3.39. The first-order chi connectivity index (χ1) is 15.5. The van der Waals surface area contributed by atoms with Crippen molar-refractivity contribution in [1.29, 1.82) is 0 Å². The van der Waals surface area contributed by atoms with Gasteiger partial charge in [0.15, 0.2) is 5.82 Å². The molecule has 0 spiro atoms. The molecule has 0 bridgehead atoms. The highest BCUT2D eigenvalue weighted by molar-refractivity contribution is 6.32. The van der Waals surface area contributed by atoms with Gasteiger partial charge in [0.1, 0.15) is 12.2 Å². The van der Waals surface area contributed by atoms with Crippen LogP contribution in [0.4, 0.5) is 5.69 Å². The summed E-state index contributed by atoms with van der Waals surface area (Å²) in [6.45, 7) is 3.61. The fourth-order valence-corrected chi connectivity index (χ4v) is 3.71. The van der Waals surface area contributed by atoms with Crippen molar-refractivity contribution in [3.05, 3.63) is 83.6 Å². The Morgan fingerprint density at radius 1 is 1.06 bits per heavy atom. The number of halogens is 1. The molecule has 0 fully saturated rings. The molecule has 0 aliphatic carbocycles. The van der Waals surface area contributed by atoms with E-state index in [0.29, 0.717) is 33.6 Å². The normalized spacial score (nSPS) is 11.1. The van der Waals surface area contributed by atoms with Crippen molar-refractivity contribution in [2.75, 3.05) is 5.32 Å². The summed E-state index contributed by atoms with van der Waals surface area (Å²) in [5.74, 6) is 0.719. The summed E-state index contributed by atoms with van der Waals surface area (Å²) in [4.78, 5) is 25.6. The maximum absolute atomic E-state index is 12.9. The molecule has 1 N–H and O–H groups in total. The fraction of sp³-hybridized carbons (Fsp3) is 0.0909. The number of anilines is 1. The highest BCUT2D eigenvalue weighted by Crippen LogP contribution is 2.24. The summed E-state index contributed by atoms with van der Waals surface area (Å²) in [5.41, 5.74) is 2.39. The van der Waals surface area contributed by atoms with Crippen LogP contribution >= 0.6 is 11.6 Å². The fourth-order valence-electron chi connectivity index (χ4n) is 3.46. The molecule has 1 aromatic carbocycles. The Morgan fingerprint density at radius 3 is 2.69 bits per heavy atom.